The Morgan fingerprint density at radius 3 is 2.13 bits per heavy atom. The summed E-state index contributed by atoms with van der Waals surface area (Å²) in [5, 5.41) is 6.07. The second-order valence-electron chi connectivity index (χ2n) is 16.1. The summed E-state index contributed by atoms with van der Waals surface area (Å²) in [6, 6.07) is 35.7. The molecule has 2 nitrogen and oxygen atoms in total. The second-order valence-corrected chi connectivity index (χ2v) is 18.1. The van der Waals surface area contributed by atoms with Crippen LogP contribution in [0.3, 0.4) is 0 Å². The molecule has 0 bridgehead atoms. The summed E-state index contributed by atoms with van der Waals surface area (Å²) in [7, 11) is 0. The van der Waals surface area contributed by atoms with Crippen molar-refractivity contribution in [1.82, 2.24) is 0 Å². The number of hydrogen-bond acceptors (Lipinski definition) is 4. The van der Waals surface area contributed by atoms with Gasteiger partial charge in [0.15, 0.2) is 0 Å². The second kappa shape index (κ2) is 12.0. The topological polar surface area (TPSA) is 6.48 Å². The van der Waals surface area contributed by atoms with Gasteiger partial charge in [0, 0.05) is 42.9 Å². The smallest absolute Gasteiger partial charge is 0.252 e. The molecule has 10 rings (SSSR count). The van der Waals surface area contributed by atoms with Gasteiger partial charge in [0.05, 0.1) is 16.1 Å². The summed E-state index contributed by atoms with van der Waals surface area (Å²) in [4.78, 5) is 4.79. The van der Waals surface area contributed by atoms with E-state index in [9.17, 15) is 0 Å². The molecule has 0 aliphatic carbocycles. The van der Waals surface area contributed by atoms with E-state index in [1.165, 1.54) is 80.3 Å². The highest BCUT2D eigenvalue weighted by Gasteiger charge is 2.45. The van der Waals surface area contributed by atoms with Gasteiger partial charge < -0.3 is 9.80 Å². The highest BCUT2D eigenvalue weighted by Crippen LogP contribution is 2.50. The van der Waals surface area contributed by atoms with E-state index < -0.39 is 0 Å². The van der Waals surface area contributed by atoms with Gasteiger partial charge in [-0.3, -0.25) is 0 Å². The van der Waals surface area contributed by atoms with Crippen molar-refractivity contribution in [2.45, 2.75) is 66.7 Å². The van der Waals surface area contributed by atoms with Crippen LogP contribution in [-0.4, -0.2) is 6.71 Å². The van der Waals surface area contributed by atoms with Crippen LogP contribution >= 0.6 is 22.7 Å². The molecule has 2 aromatic heterocycles. The van der Waals surface area contributed by atoms with Crippen LogP contribution in [0, 0.1) is 19.7 Å². The number of nitrogens with zero attached hydrogens (tertiary/aromatic N) is 2. The lowest BCUT2D eigenvalue weighted by Gasteiger charge is -2.45. The van der Waals surface area contributed by atoms with E-state index in [0.29, 0.717) is 5.69 Å². The number of hydrogen-bond donors (Lipinski definition) is 0. The third kappa shape index (κ3) is 4.75. The molecule has 4 heterocycles. The van der Waals surface area contributed by atoms with E-state index in [-0.39, 0.29) is 17.9 Å². The van der Waals surface area contributed by atoms with Gasteiger partial charge in [0.2, 0.25) is 0 Å². The lowest BCUT2D eigenvalue weighted by Crippen LogP contribution is -2.61. The van der Waals surface area contributed by atoms with E-state index in [0.717, 1.165) is 35.5 Å². The molecule has 0 unspecified atom stereocenters. The average Bonchev–Trinajstić information content (AvgIpc) is 3.80. The van der Waals surface area contributed by atoms with Gasteiger partial charge >= 0.3 is 0 Å². The monoisotopic (exact) mass is 740 g/mol. The van der Waals surface area contributed by atoms with Crippen LogP contribution in [0.5, 0.6) is 0 Å². The largest absolute Gasteiger partial charge is 0.310 e. The summed E-state index contributed by atoms with van der Waals surface area (Å²) in [6.07, 6.45) is 1.79. The predicted molar refractivity (Wildman–Crippen MR) is 236 cm³/mol. The molecule has 6 aromatic carbocycles. The average molecular weight is 741 g/mol. The van der Waals surface area contributed by atoms with Gasteiger partial charge in [0.1, 0.15) is 5.82 Å². The Balaban J connectivity index is 1.37. The van der Waals surface area contributed by atoms with Crippen LogP contribution < -0.4 is 26.2 Å². The number of anilines is 6. The van der Waals surface area contributed by atoms with Gasteiger partial charge in [-0.1, -0.05) is 83.1 Å². The number of thiophene rings is 2. The molecule has 266 valence electrons. The number of benzene rings is 6. The molecular weight excluding hydrogens is 698 g/mol. The predicted octanol–water partition coefficient (Wildman–Crippen LogP) is 12.5. The lowest BCUT2D eigenvalue weighted by molar-refractivity contribution is 0.591. The molecule has 0 saturated heterocycles. The third-order valence-corrected chi connectivity index (χ3v) is 14.2. The first-order valence-electron chi connectivity index (χ1n) is 19.2. The third-order valence-electron chi connectivity index (χ3n) is 12.0. The number of rotatable bonds is 4. The Bertz CT molecular complexity index is 2860. The first-order valence-corrected chi connectivity index (χ1v) is 20.9. The minimum Gasteiger partial charge on any atom is -0.310 e. The van der Waals surface area contributed by atoms with E-state index >= 15 is 4.39 Å². The summed E-state index contributed by atoms with van der Waals surface area (Å²) >= 11 is 3.68. The molecule has 0 amide bonds. The maximum atomic E-state index is 16.5. The van der Waals surface area contributed by atoms with Crippen molar-refractivity contribution < 1.29 is 4.39 Å². The first kappa shape index (κ1) is 33.6. The fourth-order valence-electron chi connectivity index (χ4n) is 9.08. The van der Waals surface area contributed by atoms with Gasteiger partial charge in [-0.2, -0.15) is 0 Å². The molecule has 0 atom stereocenters. The number of fused-ring (bicyclic) bond motifs is 9. The maximum absolute atomic E-state index is 16.5. The van der Waals surface area contributed by atoms with Gasteiger partial charge in [-0.05, 0) is 136 Å². The molecule has 0 fully saturated rings. The van der Waals surface area contributed by atoms with Crippen LogP contribution in [0.25, 0.3) is 30.3 Å². The van der Waals surface area contributed by atoms with Crippen LogP contribution in [-0.2, 0) is 18.3 Å². The van der Waals surface area contributed by atoms with Crippen molar-refractivity contribution in [3.8, 4) is 0 Å². The fourth-order valence-corrected chi connectivity index (χ4v) is 11.2. The van der Waals surface area contributed by atoms with Gasteiger partial charge in [0.25, 0.3) is 6.71 Å². The van der Waals surface area contributed by atoms with Crippen molar-refractivity contribution in [3.05, 3.63) is 136 Å². The normalized spacial score (nSPS) is 13.6. The van der Waals surface area contributed by atoms with Crippen LogP contribution in [0.4, 0.5) is 38.5 Å². The van der Waals surface area contributed by atoms with Crippen LogP contribution in [0.1, 0.15) is 62.4 Å². The van der Waals surface area contributed by atoms with Crippen molar-refractivity contribution in [2.75, 3.05) is 9.80 Å². The van der Waals surface area contributed by atoms with Gasteiger partial charge in [-0.15, -0.1) is 22.7 Å². The minimum absolute atomic E-state index is 0.0310. The zero-order valence-corrected chi connectivity index (χ0v) is 33.5. The molecular formula is C48H42BFN2S2. The highest BCUT2D eigenvalue weighted by molar-refractivity contribution is 7.26. The van der Waals surface area contributed by atoms with Gasteiger partial charge in [-0.25, -0.2) is 4.39 Å². The highest BCUT2D eigenvalue weighted by atomic mass is 32.1. The Hall–Kier alpha value is -4.91. The number of halogens is 1. The van der Waals surface area contributed by atoms with E-state index in [4.69, 9.17) is 0 Å². The SMILES string of the molecule is CCc1ccc(C)c(N2c3cccc4c3B(c3cc5c(sc6ccc(C(C)(C)C)cc65)c(C)c3N4c3cc(CC)ccc3F)c3ccc4ccsc4c32)c1. The van der Waals surface area contributed by atoms with Crippen molar-refractivity contribution >= 4 is 110 Å². The summed E-state index contributed by atoms with van der Waals surface area (Å²) in [5.74, 6) is -0.209. The molecule has 0 N–H and O–H groups in total. The maximum Gasteiger partial charge on any atom is 0.252 e. The lowest BCUT2D eigenvalue weighted by atomic mass is 9.33. The zero-order valence-electron chi connectivity index (χ0n) is 31.9. The van der Waals surface area contributed by atoms with Crippen molar-refractivity contribution in [1.29, 1.82) is 0 Å². The van der Waals surface area contributed by atoms with Crippen molar-refractivity contribution in [3.63, 3.8) is 0 Å². The Kier molecular flexibility index (Phi) is 7.51. The van der Waals surface area contributed by atoms with E-state index in [1.807, 2.05) is 28.7 Å². The quantitative estimate of drug-likeness (QED) is 0.166. The molecule has 2 aliphatic rings. The van der Waals surface area contributed by atoms with Crippen molar-refractivity contribution in [2.24, 2.45) is 0 Å². The summed E-state index contributed by atoms with van der Waals surface area (Å²) in [6.45, 7) is 15.7. The molecule has 6 heteroatoms. The fraction of sp³-hybridized carbons (Fsp3) is 0.208. The molecule has 8 aromatic rings. The first-order chi connectivity index (χ1) is 26.1. The Morgan fingerprint density at radius 2 is 1.39 bits per heavy atom. The molecule has 2 aliphatic heterocycles. The zero-order chi connectivity index (χ0) is 37.2. The van der Waals surface area contributed by atoms with E-state index in [1.54, 1.807) is 6.07 Å². The Morgan fingerprint density at radius 1 is 0.667 bits per heavy atom. The molecule has 0 spiro atoms. The standard InChI is InChI=1S/C48H42BFN2S2/c1-8-29-14-13-27(3)40(23-29)51-38-11-10-12-39-43(38)49(35-18-16-31-21-22-53-47(31)45(35)51)36-26-34-33-25-32(48(5,6)7)17-20-42(33)54-46(34)28(4)44(36)52(39)41-24-30(9-2)15-19-37(41)50/h10-26H,8-9H2,1-7H3. The molecule has 54 heavy (non-hydrogen) atoms. The molecule has 0 radical (unpaired) electrons. The van der Waals surface area contributed by atoms with E-state index in [2.05, 4.69) is 149 Å². The van der Waals surface area contributed by atoms with Crippen LogP contribution in [0.15, 0.2) is 102 Å². The number of aryl methyl sites for hydroxylation is 4. The molecule has 0 saturated carbocycles. The minimum atomic E-state index is -0.209. The summed E-state index contributed by atoms with van der Waals surface area (Å²) < 4.78 is 20.4. The summed E-state index contributed by atoms with van der Waals surface area (Å²) in [5.41, 5.74) is 16.4. The van der Waals surface area contributed by atoms with Crippen LogP contribution in [0.2, 0.25) is 0 Å². The Labute approximate surface area is 325 Å².